The van der Waals surface area contributed by atoms with Crippen molar-refractivity contribution in [3.63, 3.8) is 0 Å². The van der Waals surface area contributed by atoms with Gasteiger partial charge in [0, 0.05) is 30.7 Å². The molecule has 1 fully saturated rings. The van der Waals surface area contributed by atoms with E-state index >= 15 is 0 Å². The molecule has 0 aliphatic carbocycles. The van der Waals surface area contributed by atoms with E-state index in [-0.39, 0.29) is 11.5 Å². The van der Waals surface area contributed by atoms with E-state index in [1.165, 1.54) is 6.07 Å². The fourth-order valence-electron chi connectivity index (χ4n) is 3.51. The minimum absolute atomic E-state index is 0.0614. The minimum atomic E-state index is -0.740. The average molecular weight is 375 g/mol. The fraction of sp³-hybridized carbons (Fsp3) is 0.286. The third kappa shape index (κ3) is 2.89. The van der Waals surface area contributed by atoms with E-state index in [9.17, 15) is 9.59 Å². The van der Waals surface area contributed by atoms with Gasteiger partial charge in [-0.3, -0.25) is 19.1 Å². The summed E-state index contributed by atoms with van der Waals surface area (Å²) in [6.45, 7) is 6.28. The van der Waals surface area contributed by atoms with Crippen molar-refractivity contribution in [2.24, 2.45) is 0 Å². The molecule has 1 aliphatic heterocycles. The fourth-order valence-corrected chi connectivity index (χ4v) is 3.51. The van der Waals surface area contributed by atoms with Gasteiger partial charge >= 0.3 is 0 Å². The summed E-state index contributed by atoms with van der Waals surface area (Å²) in [7, 11) is 0. The second kappa shape index (κ2) is 6.67. The van der Waals surface area contributed by atoms with Crippen molar-refractivity contribution in [3.05, 3.63) is 70.2 Å². The zero-order valence-corrected chi connectivity index (χ0v) is 16.1. The van der Waals surface area contributed by atoms with Crippen LogP contribution in [0.3, 0.4) is 0 Å². The zero-order chi connectivity index (χ0) is 19.9. The van der Waals surface area contributed by atoms with Crippen molar-refractivity contribution in [2.75, 3.05) is 6.54 Å². The number of amides is 1. The Labute approximate surface area is 162 Å². The van der Waals surface area contributed by atoms with Gasteiger partial charge in [0.05, 0.1) is 17.1 Å². The first-order valence-electron chi connectivity index (χ1n) is 9.18. The topological polar surface area (TPSA) is 89.8 Å². The Morgan fingerprint density at radius 2 is 1.93 bits per heavy atom. The van der Waals surface area contributed by atoms with Gasteiger partial charge in [-0.05, 0) is 51.0 Å². The summed E-state index contributed by atoms with van der Waals surface area (Å²) in [5.74, 6) is 0.422. The molecule has 0 saturated carbocycles. The Bertz CT molecular complexity index is 1140. The van der Waals surface area contributed by atoms with E-state index in [4.69, 9.17) is 0 Å². The van der Waals surface area contributed by atoms with E-state index in [0.29, 0.717) is 30.2 Å². The first-order chi connectivity index (χ1) is 13.4. The molecule has 1 saturated heterocycles. The van der Waals surface area contributed by atoms with Crippen LogP contribution < -0.4 is 10.9 Å². The quantitative estimate of drug-likeness (QED) is 0.757. The largest absolute Gasteiger partial charge is 0.355 e. The SMILES string of the molecule is Cc1cnc(-c2ccnc(C3(C)CCNC3=O)n2)cc1-n1c(C)cccc1=O. The lowest BCUT2D eigenvalue weighted by Gasteiger charge is -2.19. The predicted octanol–water partition coefficient (Wildman–Crippen LogP) is 2.08. The van der Waals surface area contributed by atoms with Crippen LogP contribution in [-0.4, -0.2) is 32.0 Å². The maximum absolute atomic E-state index is 12.4. The van der Waals surface area contributed by atoms with Gasteiger partial charge in [-0.2, -0.15) is 0 Å². The van der Waals surface area contributed by atoms with Crippen LogP contribution in [0.2, 0.25) is 0 Å². The average Bonchev–Trinajstić information content (AvgIpc) is 3.03. The van der Waals surface area contributed by atoms with Crippen LogP contribution in [0.5, 0.6) is 0 Å². The van der Waals surface area contributed by atoms with Crippen LogP contribution in [0.1, 0.15) is 30.4 Å². The first-order valence-corrected chi connectivity index (χ1v) is 9.18. The van der Waals surface area contributed by atoms with Gasteiger partial charge in [0.25, 0.3) is 5.56 Å². The Kier molecular flexibility index (Phi) is 4.30. The number of carbonyl (C=O) groups is 1. The minimum Gasteiger partial charge on any atom is -0.355 e. The Morgan fingerprint density at radius 3 is 2.64 bits per heavy atom. The number of carbonyl (C=O) groups excluding carboxylic acids is 1. The maximum Gasteiger partial charge on any atom is 0.255 e. The van der Waals surface area contributed by atoms with Crippen molar-refractivity contribution in [1.82, 2.24) is 24.8 Å². The third-order valence-corrected chi connectivity index (χ3v) is 5.29. The highest BCUT2D eigenvalue weighted by Gasteiger charge is 2.42. The van der Waals surface area contributed by atoms with Crippen molar-refractivity contribution < 1.29 is 4.79 Å². The molecule has 1 amide bonds. The highest BCUT2D eigenvalue weighted by molar-refractivity contribution is 5.88. The number of nitrogens with zero attached hydrogens (tertiary/aromatic N) is 4. The van der Waals surface area contributed by atoms with Gasteiger partial charge in [0.1, 0.15) is 11.2 Å². The number of nitrogens with one attached hydrogen (secondary N) is 1. The molecular formula is C21H21N5O2. The summed E-state index contributed by atoms with van der Waals surface area (Å²) < 4.78 is 1.66. The number of aryl methyl sites for hydroxylation is 2. The second-order valence-electron chi connectivity index (χ2n) is 7.30. The predicted molar refractivity (Wildman–Crippen MR) is 105 cm³/mol. The Morgan fingerprint density at radius 1 is 1.11 bits per heavy atom. The lowest BCUT2D eigenvalue weighted by molar-refractivity contribution is -0.123. The molecule has 7 heteroatoms. The summed E-state index contributed by atoms with van der Waals surface area (Å²) in [5, 5.41) is 2.85. The van der Waals surface area contributed by atoms with Gasteiger partial charge < -0.3 is 5.32 Å². The van der Waals surface area contributed by atoms with Crippen LogP contribution >= 0.6 is 0 Å². The Hall–Kier alpha value is -3.35. The molecule has 3 aromatic rings. The van der Waals surface area contributed by atoms with Crippen molar-refractivity contribution in [3.8, 4) is 17.1 Å². The standard InChI is InChI=1S/C21H21N5O2/c1-13-12-24-16(11-17(13)26-14(2)5-4-6-18(26)27)15-7-9-22-19(25-15)21(3)8-10-23-20(21)28/h4-7,9,11-12H,8,10H2,1-3H3,(H,23,28). The molecule has 1 N–H and O–H groups in total. The van der Waals surface area contributed by atoms with E-state index < -0.39 is 5.41 Å². The van der Waals surface area contributed by atoms with E-state index in [1.54, 1.807) is 29.1 Å². The lowest BCUT2D eigenvalue weighted by atomic mass is 9.88. The van der Waals surface area contributed by atoms with Crippen LogP contribution in [0, 0.1) is 13.8 Å². The molecule has 142 valence electrons. The van der Waals surface area contributed by atoms with Crippen LogP contribution in [-0.2, 0) is 10.2 Å². The summed E-state index contributed by atoms with van der Waals surface area (Å²) in [4.78, 5) is 38.2. The van der Waals surface area contributed by atoms with E-state index in [1.807, 2.05) is 32.9 Å². The monoisotopic (exact) mass is 375 g/mol. The number of aromatic nitrogens is 4. The van der Waals surface area contributed by atoms with Crippen LogP contribution in [0.4, 0.5) is 0 Å². The number of hydrogen-bond donors (Lipinski definition) is 1. The van der Waals surface area contributed by atoms with Crippen LogP contribution in [0.15, 0.2) is 47.5 Å². The summed E-state index contributed by atoms with van der Waals surface area (Å²) in [6.07, 6.45) is 4.03. The van der Waals surface area contributed by atoms with Gasteiger partial charge in [-0.1, -0.05) is 6.07 Å². The molecule has 0 bridgehead atoms. The summed E-state index contributed by atoms with van der Waals surface area (Å²) in [6, 6.07) is 8.79. The molecule has 1 unspecified atom stereocenters. The van der Waals surface area contributed by atoms with Gasteiger partial charge in [-0.25, -0.2) is 9.97 Å². The molecule has 0 spiro atoms. The second-order valence-corrected chi connectivity index (χ2v) is 7.30. The normalized spacial score (nSPS) is 18.9. The molecule has 4 rings (SSSR count). The maximum atomic E-state index is 12.4. The number of pyridine rings is 2. The third-order valence-electron chi connectivity index (χ3n) is 5.29. The van der Waals surface area contributed by atoms with Crippen molar-refractivity contribution in [1.29, 1.82) is 0 Å². The van der Waals surface area contributed by atoms with Gasteiger partial charge in [0.15, 0.2) is 0 Å². The smallest absolute Gasteiger partial charge is 0.255 e. The highest BCUT2D eigenvalue weighted by Crippen LogP contribution is 2.30. The molecule has 1 aliphatic rings. The van der Waals surface area contributed by atoms with Crippen molar-refractivity contribution >= 4 is 5.91 Å². The molecule has 7 nitrogen and oxygen atoms in total. The van der Waals surface area contributed by atoms with E-state index in [0.717, 1.165) is 16.9 Å². The molecule has 28 heavy (non-hydrogen) atoms. The number of hydrogen-bond acceptors (Lipinski definition) is 5. The molecule has 3 aromatic heterocycles. The van der Waals surface area contributed by atoms with Crippen LogP contribution in [0.25, 0.3) is 17.1 Å². The summed E-state index contributed by atoms with van der Waals surface area (Å²) in [5.41, 5.74) is 2.89. The van der Waals surface area contributed by atoms with E-state index in [2.05, 4.69) is 20.3 Å². The first kappa shape index (κ1) is 18.0. The Balaban J connectivity index is 1.83. The molecular weight excluding hydrogens is 354 g/mol. The zero-order valence-electron chi connectivity index (χ0n) is 16.1. The molecule has 0 radical (unpaired) electrons. The van der Waals surface area contributed by atoms with Gasteiger partial charge in [0.2, 0.25) is 5.91 Å². The number of rotatable bonds is 3. The van der Waals surface area contributed by atoms with Crippen molar-refractivity contribution in [2.45, 2.75) is 32.6 Å². The molecule has 4 heterocycles. The summed E-state index contributed by atoms with van der Waals surface area (Å²) >= 11 is 0. The molecule has 0 aromatic carbocycles. The lowest BCUT2D eigenvalue weighted by Crippen LogP contribution is -2.34. The highest BCUT2D eigenvalue weighted by atomic mass is 16.2. The molecule has 1 atom stereocenters. The van der Waals surface area contributed by atoms with Gasteiger partial charge in [-0.15, -0.1) is 0 Å².